The number of benzene rings is 2. The van der Waals surface area contributed by atoms with Crippen molar-refractivity contribution >= 4 is 0 Å². The second kappa shape index (κ2) is 36.2. The number of hydrogen-bond donors (Lipinski definition) is 2. The highest BCUT2D eigenvalue weighted by Crippen LogP contribution is 2.15. The van der Waals surface area contributed by atoms with Gasteiger partial charge in [0.05, 0.1) is 11.4 Å². The van der Waals surface area contributed by atoms with Crippen LogP contribution in [-0.4, -0.2) is 34.4 Å². The van der Waals surface area contributed by atoms with Crippen LogP contribution in [0.15, 0.2) is 109 Å². The molecule has 0 unspecified atom stereocenters. The first-order valence-electron chi connectivity index (χ1n) is 12.8. The molecule has 0 fully saturated rings. The average Bonchev–Trinajstić information content (AvgIpc) is 3.05. The summed E-state index contributed by atoms with van der Waals surface area (Å²) in [6.45, 7) is 16.0. The first kappa shape index (κ1) is 39.9. The molecule has 0 aliphatic carbocycles. The van der Waals surface area contributed by atoms with Gasteiger partial charge < -0.3 is 10.2 Å². The van der Waals surface area contributed by atoms with Crippen LogP contribution in [0.2, 0.25) is 0 Å². The van der Waals surface area contributed by atoms with Gasteiger partial charge in [0, 0.05) is 37.7 Å². The SMILES string of the molecule is CC.CC.CC.CC.CO.CO.c1ccc(-c2ccccn2)cc1.c1ccc(-c2ccccn2)cc1. The van der Waals surface area contributed by atoms with Crippen molar-refractivity contribution in [1.82, 2.24) is 9.97 Å². The summed E-state index contributed by atoms with van der Waals surface area (Å²) >= 11 is 0. The third kappa shape index (κ3) is 20.1. The number of nitrogens with zero attached hydrogens (tertiary/aromatic N) is 2. The monoisotopic (exact) mass is 494 g/mol. The molecule has 4 aromatic rings. The van der Waals surface area contributed by atoms with Crippen LogP contribution in [0, 0.1) is 0 Å². The first-order valence-corrected chi connectivity index (χ1v) is 12.8. The summed E-state index contributed by atoms with van der Waals surface area (Å²) in [5, 5.41) is 14.0. The number of pyridine rings is 2. The summed E-state index contributed by atoms with van der Waals surface area (Å²) in [5.41, 5.74) is 4.38. The predicted molar refractivity (Wildman–Crippen MR) is 161 cm³/mol. The fraction of sp³-hybridized carbons (Fsp3) is 0.312. The van der Waals surface area contributed by atoms with Gasteiger partial charge in [-0.1, -0.05) is 128 Å². The van der Waals surface area contributed by atoms with Crippen LogP contribution in [0.5, 0.6) is 0 Å². The lowest BCUT2D eigenvalue weighted by Crippen LogP contribution is -1.79. The minimum absolute atomic E-state index is 1.00. The molecular weight excluding hydrogens is 444 g/mol. The molecule has 36 heavy (non-hydrogen) atoms. The Kier molecular flexibility index (Phi) is 40.1. The molecule has 0 aliphatic rings. The van der Waals surface area contributed by atoms with Crippen LogP contribution in [0.3, 0.4) is 0 Å². The van der Waals surface area contributed by atoms with Crippen LogP contribution >= 0.6 is 0 Å². The quantitative estimate of drug-likeness (QED) is 0.292. The van der Waals surface area contributed by atoms with Gasteiger partial charge in [-0.2, -0.15) is 0 Å². The third-order valence-corrected chi connectivity index (χ3v) is 3.47. The molecule has 0 saturated carbocycles. The molecule has 0 aliphatic heterocycles. The predicted octanol–water partition coefficient (Wildman–Crippen LogP) is 8.82. The van der Waals surface area contributed by atoms with Crippen molar-refractivity contribution in [3.63, 3.8) is 0 Å². The van der Waals surface area contributed by atoms with E-state index in [2.05, 4.69) is 34.2 Å². The fourth-order valence-electron chi connectivity index (χ4n) is 2.28. The number of aliphatic hydroxyl groups excluding tert-OH is 2. The van der Waals surface area contributed by atoms with Gasteiger partial charge >= 0.3 is 0 Å². The zero-order chi connectivity index (χ0) is 28.5. The highest BCUT2D eigenvalue weighted by molar-refractivity contribution is 5.58. The zero-order valence-electron chi connectivity index (χ0n) is 24.2. The van der Waals surface area contributed by atoms with E-state index in [0.29, 0.717) is 0 Å². The van der Waals surface area contributed by atoms with E-state index in [1.54, 1.807) is 0 Å². The standard InChI is InChI=1S/2C11H9N.4C2H6.2CH4O/c2*1-2-6-10(7-3-1)11-8-4-5-9-12-11;6*1-2/h2*1-9H;4*1-2H3;2*2H,1H3. The van der Waals surface area contributed by atoms with E-state index >= 15 is 0 Å². The molecule has 200 valence electrons. The van der Waals surface area contributed by atoms with E-state index in [1.165, 1.54) is 0 Å². The topological polar surface area (TPSA) is 66.2 Å². The normalized spacial score (nSPS) is 7.44. The molecule has 4 rings (SSSR count). The highest BCUT2D eigenvalue weighted by atomic mass is 16.2. The van der Waals surface area contributed by atoms with E-state index < -0.39 is 0 Å². The lowest BCUT2D eigenvalue weighted by molar-refractivity contribution is 0.399. The fourth-order valence-corrected chi connectivity index (χ4v) is 2.28. The van der Waals surface area contributed by atoms with E-state index in [1.807, 2.05) is 141 Å². The molecule has 0 saturated heterocycles. The average molecular weight is 495 g/mol. The molecule has 0 radical (unpaired) electrons. The summed E-state index contributed by atoms with van der Waals surface area (Å²) < 4.78 is 0. The Morgan fingerprint density at radius 3 is 0.833 bits per heavy atom. The van der Waals surface area contributed by atoms with Crippen molar-refractivity contribution in [2.24, 2.45) is 0 Å². The highest BCUT2D eigenvalue weighted by Gasteiger charge is 1.94. The van der Waals surface area contributed by atoms with Crippen LogP contribution in [-0.2, 0) is 0 Å². The van der Waals surface area contributed by atoms with Crippen molar-refractivity contribution in [1.29, 1.82) is 0 Å². The molecule has 0 bridgehead atoms. The molecular formula is C32H50N2O2. The van der Waals surface area contributed by atoms with Crippen molar-refractivity contribution in [2.45, 2.75) is 55.4 Å². The second-order valence-electron chi connectivity index (χ2n) is 5.16. The van der Waals surface area contributed by atoms with E-state index in [-0.39, 0.29) is 0 Å². The van der Waals surface area contributed by atoms with Crippen molar-refractivity contribution in [3.8, 4) is 22.5 Å². The minimum Gasteiger partial charge on any atom is -0.400 e. The van der Waals surface area contributed by atoms with E-state index in [4.69, 9.17) is 10.2 Å². The third-order valence-electron chi connectivity index (χ3n) is 3.47. The molecule has 0 atom stereocenters. The number of hydrogen-bond acceptors (Lipinski definition) is 4. The van der Waals surface area contributed by atoms with Gasteiger partial charge in [-0.3, -0.25) is 9.97 Å². The summed E-state index contributed by atoms with van der Waals surface area (Å²) in [4.78, 5) is 8.50. The lowest BCUT2D eigenvalue weighted by Gasteiger charge is -1.97. The van der Waals surface area contributed by atoms with Gasteiger partial charge in [-0.05, 0) is 24.3 Å². The van der Waals surface area contributed by atoms with Crippen molar-refractivity contribution < 1.29 is 10.2 Å². The number of aliphatic hydroxyl groups is 2. The minimum atomic E-state index is 1.00. The maximum absolute atomic E-state index is 7.00. The lowest BCUT2D eigenvalue weighted by atomic mass is 10.1. The number of rotatable bonds is 2. The Labute approximate surface area is 221 Å². The van der Waals surface area contributed by atoms with Crippen molar-refractivity contribution in [3.05, 3.63) is 109 Å². The molecule has 2 aromatic heterocycles. The molecule has 0 amide bonds. The van der Waals surface area contributed by atoms with Crippen LogP contribution in [0.1, 0.15) is 55.4 Å². The van der Waals surface area contributed by atoms with Gasteiger partial charge in [0.25, 0.3) is 0 Å². The molecule has 2 aromatic carbocycles. The summed E-state index contributed by atoms with van der Waals surface area (Å²) in [5.74, 6) is 0. The van der Waals surface area contributed by atoms with E-state index in [0.717, 1.165) is 36.7 Å². The van der Waals surface area contributed by atoms with Crippen LogP contribution in [0.4, 0.5) is 0 Å². The Morgan fingerprint density at radius 1 is 0.361 bits per heavy atom. The van der Waals surface area contributed by atoms with Crippen LogP contribution < -0.4 is 0 Å². The maximum Gasteiger partial charge on any atom is 0.0701 e. The smallest absolute Gasteiger partial charge is 0.0701 e. The number of aromatic nitrogens is 2. The molecule has 0 spiro atoms. The molecule has 4 heteroatoms. The Hall–Kier alpha value is -3.34. The van der Waals surface area contributed by atoms with Gasteiger partial charge in [0.1, 0.15) is 0 Å². The Bertz CT molecular complexity index is 692. The van der Waals surface area contributed by atoms with Crippen LogP contribution in [0.25, 0.3) is 22.5 Å². The van der Waals surface area contributed by atoms with Gasteiger partial charge in [0.15, 0.2) is 0 Å². The molecule has 2 N–H and O–H groups in total. The maximum atomic E-state index is 7.00. The van der Waals surface area contributed by atoms with Gasteiger partial charge in [-0.25, -0.2) is 0 Å². The first-order chi connectivity index (χ1) is 17.9. The Balaban J connectivity index is -0.000000202. The van der Waals surface area contributed by atoms with Gasteiger partial charge in [0.2, 0.25) is 0 Å². The van der Waals surface area contributed by atoms with Crippen molar-refractivity contribution in [2.75, 3.05) is 14.2 Å². The molecule has 4 nitrogen and oxygen atoms in total. The molecule has 2 heterocycles. The van der Waals surface area contributed by atoms with Gasteiger partial charge in [-0.15, -0.1) is 0 Å². The largest absolute Gasteiger partial charge is 0.400 e. The Morgan fingerprint density at radius 2 is 0.611 bits per heavy atom. The van der Waals surface area contributed by atoms with E-state index in [9.17, 15) is 0 Å². The summed E-state index contributed by atoms with van der Waals surface area (Å²) in [7, 11) is 2.00. The second-order valence-corrected chi connectivity index (χ2v) is 5.16. The summed E-state index contributed by atoms with van der Waals surface area (Å²) in [6.07, 6.45) is 3.62. The zero-order valence-corrected chi connectivity index (χ0v) is 24.2. The summed E-state index contributed by atoms with van der Waals surface area (Å²) in [6, 6.07) is 32.2.